The molecule has 1 aromatic heterocycles. The lowest BCUT2D eigenvalue weighted by molar-refractivity contribution is -0.137. The van der Waals surface area contributed by atoms with Crippen molar-refractivity contribution >= 4 is 11.7 Å². The van der Waals surface area contributed by atoms with Gasteiger partial charge in [0.05, 0.1) is 0 Å². The predicted molar refractivity (Wildman–Crippen MR) is 48.0 cm³/mol. The van der Waals surface area contributed by atoms with E-state index in [0.717, 1.165) is 10.8 Å². The Kier molecular flexibility index (Phi) is 2.41. The third kappa shape index (κ3) is 1.65. The summed E-state index contributed by atoms with van der Waals surface area (Å²) in [6, 6.07) is 0. The molecule has 1 aromatic rings. The van der Waals surface area contributed by atoms with Gasteiger partial charge in [-0.2, -0.15) is 0 Å². The van der Waals surface area contributed by atoms with E-state index in [1.54, 1.807) is 0 Å². The Morgan fingerprint density at radius 1 is 1.57 bits per heavy atom. The maximum absolute atomic E-state index is 11.3. The number of aromatic nitrogens is 2. The van der Waals surface area contributed by atoms with Gasteiger partial charge in [0.25, 0.3) is 5.56 Å². The molecule has 0 saturated heterocycles. The van der Waals surface area contributed by atoms with Gasteiger partial charge in [-0.3, -0.25) is 9.59 Å². The lowest BCUT2D eigenvalue weighted by Gasteiger charge is -2.05. The summed E-state index contributed by atoms with van der Waals surface area (Å²) < 4.78 is 1.62. The first-order valence-electron chi connectivity index (χ1n) is 3.71. The summed E-state index contributed by atoms with van der Waals surface area (Å²) in [7, 11) is 1.39. The molecule has 0 fully saturated rings. The number of rotatable bonds is 2. The first-order chi connectivity index (χ1) is 6.43. The molecule has 0 saturated carbocycles. The average molecular weight is 199 g/mol. The van der Waals surface area contributed by atoms with Crippen LogP contribution in [0.15, 0.2) is 15.8 Å². The lowest BCUT2D eigenvalue weighted by Crippen LogP contribution is -2.41. The van der Waals surface area contributed by atoms with Gasteiger partial charge in [-0.1, -0.05) is 0 Å². The quantitative estimate of drug-likeness (QED) is 0.585. The smallest absolute Gasteiger partial charge is 0.331 e. The summed E-state index contributed by atoms with van der Waals surface area (Å²) in [6.45, 7) is -0.684. The molecule has 0 aliphatic heterocycles. The van der Waals surface area contributed by atoms with Crippen LogP contribution in [-0.4, -0.2) is 20.2 Å². The zero-order valence-corrected chi connectivity index (χ0v) is 7.43. The third-order valence-corrected chi connectivity index (χ3v) is 1.65. The van der Waals surface area contributed by atoms with E-state index >= 15 is 0 Å². The number of hydrogen-bond donors (Lipinski definition) is 2. The molecule has 1 rings (SSSR count). The molecule has 0 radical (unpaired) electrons. The van der Waals surface area contributed by atoms with E-state index in [4.69, 9.17) is 10.8 Å². The first kappa shape index (κ1) is 10.0. The maximum Gasteiger partial charge on any atom is 0.331 e. The summed E-state index contributed by atoms with van der Waals surface area (Å²) >= 11 is 0. The highest BCUT2D eigenvalue weighted by Crippen LogP contribution is 1.86. The Morgan fingerprint density at radius 3 is 2.64 bits per heavy atom. The first-order valence-corrected chi connectivity index (χ1v) is 3.71. The Morgan fingerprint density at radius 2 is 2.14 bits per heavy atom. The topological polar surface area (TPSA) is 107 Å². The van der Waals surface area contributed by atoms with Crippen LogP contribution in [0.5, 0.6) is 0 Å². The predicted octanol–water partition coefficient (Wildman–Crippen LogP) is -1.79. The molecular formula is C7H9N3O4. The van der Waals surface area contributed by atoms with E-state index < -0.39 is 23.8 Å². The second-order valence-electron chi connectivity index (χ2n) is 2.76. The summed E-state index contributed by atoms with van der Waals surface area (Å²) in [6.07, 6.45) is 1.16. The SMILES string of the molecule is Cn1cc(N)c(=O)n(CC(=O)O)c1=O. The molecule has 3 N–H and O–H groups in total. The highest BCUT2D eigenvalue weighted by Gasteiger charge is 2.09. The Balaban J connectivity index is 3.48. The monoisotopic (exact) mass is 199 g/mol. The molecule has 0 unspecified atom stereocenters. The molecule has 7 heteroatoms. The van der Waals surface area contributed by atoms with Gasteiger partial charge in [-0.15, -0.1) is 0 Å². The van der Waals surface area contributed by atoms with Crippen molar-refractivity contribution in [3.63, 3.8) is 0 Å². The largest absolute Gasteiger partial charge is 0.480 e. The van der Waals surface area contributed by atoms with Crippen LogP contribution in [0, 0.1) is 0 Å². The molecule has 0 atom stereocenters. The Labute approximate surface area is 78.0 Å². The van der Waals surface area contributed by atoms with Crippen molar-refractivity contribution in [3.8, 4) is 0 Å². The number of hydrogen-bond acceptors (Lipinski definition) is 4. The van der Waals surface area contributed by atoms with Gasteiger partial charge in [0.15, 0.2) is 0 Å². The van der Waals surface area contributed by atoms with Crippen molar-refractivity contribution in [1.82, 2.24) is 9.13 Å². The fourth-order valence-corrected chi connectivity index (χ4v) is 1.03. The minimum absolute atomic E-state index is 0.159. The molecule has 14 heavy (non-hydrogen) atoms. The van der Waals surface area contributed by atoms with Crippen LogP contribution in [-0.2, 0) is 18.4 Å². The molecule has 76 valence electrons. The van der Waals surface area contributed by atoms with Crippen molar-refractivity contribution in [2.45, 2.75) is 6.54 Å². The van der Waals surface area contributed by atoms with E-state index in [1.165, 1.54) is 7.05 Å². The highest BCUT2D eigenvalue weighted by atomic mass is 16.4. The van der Waals surface area contributed by atoms with Gasteiger partial charge < -0.3 is 15.4 Å². The van der Waals surface area contributed by atoms with Crippen LogP contribution < -0.4 is 17.0 Å². The van der Waals surface area contributed by atoms with Crippen molar-refractivity contribution in [1.29, 1.82) is 0 Å². The zero-order valence-electron chi connectivity index (χ0n) is 7.43. The number of anilines is 1. The number of carboxylic acid groups (broad SMARTS) is 1. The van der Waals surface area contributed by atoms with Gasteiger partial charge in [0, 0.05) is 13.2 Å². The maximum atomic E-state index is 11.3. The molecule has 7 nitrogen and oxygen atoms in total. The van der Waals surface area contributed by atoms with Crippen LogP contribution in [0.2, 0.25) is 0 Å². The van der Waals surface area contributed by atoms with E-state index in [9.17, 15) is 14.4 Å². The van der Waals surface area contributed by atoms with Crippen LogP contribution in [0.25, 0.3) is 0 Å². The molecule has 0 spiro atoms. The molecule has 0 aliphatic rings. The standard InChI is InChI=1S/C7H9N3O4/c1-9-2-4(8)6(13)10(7(9)14)3-5(11)12/h2H,3,8H2,1H3,(H,11,12). The summed E-state index contributed by atoms with van der Waals surface area (Å²) in [5.41, 5.74) is 3.64. The molecule has 1 heterocycles. The van der Waals surface area contributed by atoms with Crippen LogP contribution in [0.3, 0.4) is 0 Å². The van der Waals surface area contributed by atoms with E-state index in [0.29, 0.717) is 4.57 Å². The number of nitrogens with zero attached hydrogens (tertiary/aromatic N) is 2. The second kappa shape index (κ2) is 3.36. The number of nitrogens with two attached hydrogens (primary N) is 1. The van der Waals surface area contributed by atoms with Crippen molar-refractivity contribution < 1.29 is 9.90 Å². The van der Waals surface area contributed by atoms with E-state index in [-0.39, 0.29) is 5.69 Å². The number of carboxylic acids is 1. The third-order valence-electron chi connectivity index (χ3n) is 1.65. The van der Waals surface area contributed by atoms with Gasteiger partial charge in [0.2, 0.25) is 0 Å². The summed E-state index contributed by atoms with van der Waals surface area (Å²) in [5, 5.41) is 8.45. The molecular weight excluding hydrogens is 190 g/mol. The minimum atomic E-state index is -1.27. The average Bonchev–Trinajstić information content (AvgIpc) is 2.09. The number of aryl methyl sites for hydroxylation is 1. The summed E-state index contributed by atoms with van der Waals surface area (Å²) in [4.78, 5) is 32.9. The minimum Gasteiger partial charge on any atom is -0.480 e. The highest BCUT2D eigenvalue weighted by molar-refractivity contribution is 5.66. The number of nitrogen functional groups attached to an aromatic ring is 1. The fraction of sp³-hybridized carbons (Fsp3) is 0.286. The normalized spacial score (nSPS) is 10.1. The van der Waals surface area contributed by atoms with Gasteiger partial charge in [0.1, 0.15) is 12.2 Å². The van der Waals surface area contributed by atoms with E-state index in [1.807, 2.05) is 0 Å². The van der Waals surface area contributed by atoms with Crippen LogP contribution in [0.1, 0.15) is 0 Å². The second-order valence-corrected chi connectivity index (χ2v) is 2.76. The summed E-state index contributed by atoms with van der Waals surface area (Å²) in [5.74, 6) is -1.27. The number of carbonyl (C=O) groups is 1. The van der Waals surface area contributed by atoms with Gasteiger partial charge >= 0.3 is 11.7 Å². The van der Waals surface area contributed by atoms with Crippen molar-refractivity contribution in [2.24, 2.45) is 7.05 Å². The molecule has 0 aromatic carbocycles. The van der Waals surface area contributed by atoms with Crippen LogP contribution >= 0.6 is 0 Å². The van der Waals surface area contributed by atoms with Gasteiger partial charge in [-0.25, -0.2) is 9.36 Å². The van der Waals surface area contributed by atoms with Crippen LogP contribution in [0.4, 0.5) is 5.69 Å². The Bertz CT molecular complexity index is 450. The lowest BCUT2D eigenvalue weighted by atomic mass is 10.5. The molecule has 0 aliphatic carbocycles. The van der Waals surface area contributed by atoms with Gasteiger partial charge in [-0.05, 0) is 0 Å². The van der Waals surface area contributed by atoms with Crippen molar-refractivity contribution in [2.75, 3.05) is 5.73 Å². The zero-order chi connectivity index (χ0) is 10.9. The molecule has 0 bridgehead atoms. The fourth-order valence-electron chi connectivity index (χ4n) is 1.03. The number of aliphatic carboxylic acids is 1. The molecule has 0 amide bonds. The van der Waals surface area contributed by atoms with E-state index in [2.05, 4.69) is 0 Å². The Hall–Kier alpha value is -2.05. The van der Waals surface area contributed by atoms with Crippen molar-refractivity contribution in [3.05, 3.63) is 27.0 Å².